The van der Waals surface area contributed by atoms with Crippen molar-refractivity contribution in [2.24, 2.45) is 5.73 Å². The SMILES string of the molecule is CCOc1cc(NC(=O)NC(CC)CC)c(F)cc1OC1=CC=C(N)C=CC1. The molecule has 0 saturated carbocycles. The van der Waals surface area contributed by atoms with E-state index in [1.807, 2.05) is 26.8 Å². The first-order chi connectivity index (χ1) is 13.5. The second-order valence-corrected chi connectivity index (χ2v) is 6.33. The van der Waals surface area contributed by atoms with Gasteiger partial charge in [0.1, 0.15) is 5.76 Å². The van der Waals surface area contributed by atoms with Crippen molar-refractivity contribution in [2.45, 2.75) is 46.1 Å². The van der Waals surface area contributed by atoms with Gasteiger partial charge in [-0.3, -0.25) is 0 Å². The second-order valence-electron chi connectivity index (χ2n) is 6.33. The Balaban J connectivity index is 2.21. The largest absolute Gasteiger partial charge is 0.490 e. The maximum absolute atomic E-state index is 14.6. The van der Waals surface area contributed by atoms with Crippen molar-refractivity contribution in [1.82, 2.24) is 5.32 Å². The zero-order valence-corrected chi connectivity index (χ0v) is 16.5. The molecule has 0 fully saturated rings. The molecule has 0 saturated heterocycles. The number of carbonyl (C=O) groups is 1. The van der Waals surface area contributed by atoms with Crippen LogP contribution >= 0.6 is 0 Å². The summed E-state index contributed by atoms with van der Waals surface area (Å²) in [6.07, 6.45) is 9.20. The predicted octanol–water partition coefficient (Wildman–Crippen LogP) is 4.60. The molecule has 7 heteroatoms. The quantitative estimate of drug-likeness (QED) is 0.606. The summed E-state index contributed by atoms with van der Waals surface area (Å²) in [6, 6.07) is 2.21. The molecule has 1 aliphatic rings. The summed E-state index contributed by atoms with van der Waals surface area (Å²) in [5.74, 6) is 0.564. The van der Waals surface area contributed by atoms with E-state index >= 15 is 0 Å². The van der Waals surface area contributed by atoms with Crippen LogP contribution < -0.4 is 25.8 Å². The number of nitrogens with two attached hydrogens (primary N) is 1. The smallest absolute Gasteiger partial charge is 0.319 e. The summed E-state index contributed by atoms with van der Waals surface area (Å²) >= 11 is 0. The lowest BCUT2D eigenvalue weighted by atomic mass is 10.2. The molecule has 1 aromatic rings. The molecule has 0 aromatic heterocycles. The molecule has 0 aliphatic heterocycles. The van der Waals surface area contributed by atoms with Gasteiger partial charge < -0.3 is 25.8 Å². The van der Waals surface area contributed by atoms with Crippen LogP contribution in [0.1, 0.15) is 40.0 Å². The maximum atomic E-state index is 14.6. The Labute approximate surface area is 165 Å². The van der Waals surface area contributed by atoms with E-state index in [0.29, 0.717) is 30.2 Å². The van der Waals surface area contributed by atoms with Crippen molar-refractivity contribution in [3.05, 3.63) is 53.7 Å². The number of anilines is 1. The van der Waals surface area contributed by atoms with E-state index in [9.17, 15) is 9.18 Å². The molecule has 0 bridgehead atoms. The summed E-state index contributed by atoms with van der Waals surface area (Å²) in [5, 5.41) is 5.35. The highest BCUT2D eigenvalue weighted by molar-refractivity contribution is 5.90. The van der Waals surface area contributed by atoms with Gasteiger partial charge in [0.25, 0.3) is 0 Å². The highest BCUT2D eigenvalue weighted by atomic mass is 19.1. The molecule has 0 radical (unpaired) electrons. The average Bonchev–Trinajstić information content (AvgIpc) is 2.87. The number of rotatable bonds is 8. The molecule has 2 amide bonds. The first-order valence-electron chi connectivity index (χ1n) is 9.51. The minimum absolute atomic E-state index is 0.0261. The molecule has 0 unspecified atom stereocenters. The van der Waals surface area contributed by atoms with Crippen LogP contribution in [0.25, 0.3) is 0 Å². The van der Waals surface area contributed by atoms with Crippen molar-refractivity contribution >= 4 is 11.7 Å². The van der Waals surface area contributed by atoms with Gasteiger partial charge >= 0.3 is 6.03 Å². The van der Waals surface area contributed by atoms with Crippen LogP contribution in [0.2, 0.25) is 0 Å². The molecule has 4 N–H and O–H groups in total. The number of halogens is 1. The first-order valence-corrected chi connectivity index (χ1v) is 9.51. The van der Waals surface area contributed by atoms with E-state index in [-0.39, 0.29) is 17.5 Å². The number of urea groups is 1. The van der Waals surface area contributed by atoms with Crippen molar-refractivity contribution in [1.29, 1.82) is 0 Å². The molecular weight excluding hydrogens is 361 g/mol. The number of hydrogen-bond donors (Lipinski definition) is 3. The zero-order valence-electron chi connectivity index (χ0n) is 16.5. The Bertz CT molecular complexity index is 783. The zero-order chi connectivity index (χ0) is 20.5. The topological polar surface area (TPSA) is 85.6 Å². The number of nitrogens with one attached hydrogen (secondary N) is 2. The summed E-state index contributed by atoms with van der Waals surface area (Å²) in [4.78, 5) is 12.1. The van der Waals surface area contributed by atoms with Crippen molar-refractivity contribution < 1.29 is 18.7 Å². The van der Waals surface area contributed by atoms with Crippen LogP contribution in [0.4, 0.5) is 14.9 Å². The van der Waals surface area contributed by atoms with Crippen LogP contribution in [0, 0.1) is 5.82 Å². The Morgan fingerprint density at radius 3 is 2.64 bits per heavy atom. The monoisotopic (exact) mass is 389 g/mol. The highest BCUT2D eigenvalue weighted by Gasteiger charge is 2.17. The minimum Gasteiger partial charge on any atom is -0.490 e. The van der Waals surface area contributed by atoms with Crippen LogP contribution in [-0.4, -0.2) is 18.7 Å². The van der Waals surface area contributed by atoms with E-state index in [4.69, 9.17) is 15.2 Å². The molecule has 6 nitrogen and oxygen atoms in total. The Morgan fingerprint density at radius 2 is 1.96 bits per heavy atom. The lowest BCUT2D eigenvalue weighted by Gasteiger charge is -2.18. The summed E-state index contributed by atoms with van der Waals surface area (Å²) < 4.78 is 26.0. The lowest BCUT2D eigenvalue weighted by Crippen LogP contribution is -2.37. The second kappa shape index (κ2) is 10.4. The van der Waals surface area contributed by atoms with Gasteiger partial charge in [-0.05, 0) is 38.0 Å². The third-order valence-electron chi connectivity index (χ3n) is 4.23. The molecule has 0 atom stereocenters. The Morgan fingerprint density at radius 1 is 1.21 bits per heavy atom. The average molecular weight is 389 g/mol. The van der Waals surface area contributed by atoms with Gasteiger partial charge in [-0.2, -0.15) is 0 Å². The molecule has 0 heterocycles. The molecule has 1 aromatic carbocycles. The van der Waals surface area contributed by atoms with Crippen LogP contribution in [0.15, 0.2) is 47.9 Å². The highest BCUT2D eigenvalue weighted by Crippen LogP contribution is 2.35. The van der Waals surface area contributed by atoms with Gasteiger partial charge in [-0.1, -0.05) is 19.9 Å². The van der Waals surface area contributed by atoms with Gasteiger partial charge in [0, 0.05) is 30.3 Å². The number of amides is 2. The molecule has 1 aliphatic carbocycles. The predicted molar refractivity (Wildman–Crippen MR) is 109 cm³/mol. The van der Waals surface area contributed by atoms with E-state index in [0.717, 1.165) is 12.8 Å². The number of benzene rings is 1. The van der Waals surface area contributed by atoms with Gasteiger partial charge in [0.05, 0.1) is 12.3 Å². The van der Waals surface area contributed by atoms with Gasteiger partial charge in [0.2, 0.25) is 0 Å². The van der Waals surface area contributed by atoms with E-state index in [1.165, 1.54) is 12.1 Å². The minimum atomic E-state index is -0.613. The standard InChI is InChI=1S/C21H28FN3O3/c1-4-15(5-2)24-21(26)25-18-13-19(27-6-3)20(12-17(18)22)28-16-9-7-8-14(23)10-11-16/h7-8,10-13,15H,4-6,9,23H2,1-3H3,(H2,24,25,26). The maximum Gasteiger partial charge on any atom is 0.319 e. The number of ether oxygens (including phenoxy) is 2. The summed E-state index contributed by atoms with van der Waals surface area (Å²) in [7, 11) is 0. The first kappa shape index (κ1) is 21.3. The fourth-order valence-corrected chi connectivity index (χ4v) is 2.66. The Kier molecular flexibility index (Phi) is 7.92. The van der Waals surface area contributed by atoms with E-state index in [1.54, 1.807) is 18.2 Å². The third kappa shape index (κ3) is 6.04. The van der Waals surface area contributed by atoms with E-state index < -0.39 is 11.8 Å². The van der Waals surface area contributed by atoms with Crippen molar-refractivity contribution in [3.8, 4) is 11.5 Å². The number of carbonyl (C=O) groups excluding carboxylic acids is 1. The molecule has 2 rings (SSSR count). The summed E-state index contributed by atoms with van der Waals surface area (Å²) in [6.45, 7) is 6.15. The van der Waals surface area contributed by atoms with Gasteiger partial charge in [-0.25, -0.2) is 9.18 Å². The van der Waals surface area contributed by atoms with Gasteiger partial charge in [0.15, 0.2) is 17.3 Å². The Hall–Kier alpha value is -2.96. The van der Waals surface area contributed by atoms with Crippen LogP contribution in [-0.2, 0) is 0 Å². The molecular formula is C21H28FN3O3. The van der Waals surface area contributed by atoms with Crippen LogP contribution in [0.3, 0.4) is 0 Å². The van der Waals surface area contributed by atoms with Gasteiger partial charge in [-0.15, -0.1) is 0 Å². The normalized spacial score (nSPS) is 13.5. The fraction of sp³-hybridized carbons (Fsp3) is 0.381. The van der Waals surface area contributed by atoms with Crippen molar-refractivity contribution in [2.75, 3.05) is 11.9 Å². The fourth-order valence-electron chi connectivity index (χ4n) is 2.66. The summed E-state index contributed by atoms with van der Waals surface area (Å²) in [5.41, 5.74) is 6.39. The van der Waals surface area contributed by atoms with Crippen molar-refractivity contribution in [3.63, 3.8) is 0 Å². The molecule has 0 spiro atoms. The number of hydrogen-bond acceptors (Lipinski definition) is 4. The molecule has 28 heavy (non-hydrogen) atoms. The van der Waals surface area contributed by atoms with E-state index in [2.05, 4.69) is 10.6 Å². The van der Waals surface area contributed by atoms with Crippen LogP contribution in [0.5, 0.6) is 11.5 Å². The lowest BCUT2D eigenvalue weighted by molar-refractivity contribution is 0.247. The third-order valence-corrected chi connectivity index (χ3v) is 4.23. The molecule has 152 valence electrons. The number of allylic oxidation sites excluding steroid dienone is 4.